The number of anilines is 1. The average molecular weight is 310 g/mol. The molecule has 2 heterocycles. The minimum absolute atomic E-state index is 0.435. The number of rotatable bonds is 1. The molecule has 18 heavy (non-hydrogen) atoms. The van der Waals surface area contributed by atoms with Crippen LogP contribution in [0.15, 0.2) is 16.6 Å². The summed E-state index contributed by atoms with van der Waals surface area (Å²) >= 11 is 3.45. The molecule has 2 aromatic rings. The molecular weight excluding hydrogens is 294 g/mol. The fourth-order valence-corrected chi connectivity index (χ4v) is 3.06. The molecule has 2 atom stereocenters. The van der Waals surface area contributed by atoms with Gasteiger partial charge in [0.25, 0.3) is 0 Å². The number of ether oxygens (including phenoxy) is 1. The predicted octanol–water partition coefficient (Wildman–Crippen LogP) is 3.05. The highest BCUT2D eigenvalue weighted by molar-refractivity contribution is 9.10. The van der Waals surface area contributed by atoms with Crippen molar-refractivity contribution in [3.05, 3.63) is 22.4 Å². The molecule has 0 aliphatic carbocycles. The lowest BCUT2D eigenvalue weighted by Gasteiger charge is -2.27. The summed E-state index contributed by atoms with van der Waals surface area (Å²) in [6.07, 6.45) is 1.02. The van der Waals surface area contributed by atoms with Crippen LogP contribution in [-0.4, -0.2) is 23.2 Å². The molecule has 5 heteroatoms. The highest BCUT2D eigenvalue weighted by Crippen LogP contribution is 2.33. The van der Waals surface area contributed by atoms with Crippen LogP contribution in [0.3, 0.4) is 0 Å². The van der Waals surface area contributed by atoms with Gasteiger partial charge >= 0.3 is 0 Å². The van der Waals surface area contributed by atoms with Crippen molar-refractivity contribution in [3.8, 4) is 0 Å². The number of halogens is 1. The van der Waals surface area contributed by atoms with Crippen LogP contribution >= 0.6 is 15.9 Å². The average Bonchev–Trinajstić information content (AvgIpc) is 2.73. The molecule has 1 aromatic heterocycles. The van der Waals surface area contributed by atoms with E-state index in [9.17, 15) is 0 Å². The molecule has 1 saturated heterocycles. The molecule has 2 unspecified atom stereocenters. The van der Waals surface area contributed by atoms with Crippen LogP contribution in [0.4, 0.5) is 5.69 Å². The van der Waals surface area contributed by atoms with Crippen LogP contribution in [0, 0.1) is 5.92 Å². The summed E-state index contributed by atoms with van der Waals surface area (Å²) in [6.45, 7) is 3.82. The second-order valence-corrected chi connectivity index (χ2v) is 5.88. The lowest BCUT2D eigenvalue weighted by molar-refractivity contribution is 0.0455. The van der Waals surface area contributed by atoms with Gasteiger partial charge in [-0.25, -0.2) is 4.98 Å². The van der Waals surface area contributed by atoms with E-state index >= 15 is 0 Å². The number of nitrogens with one attached hydrogen (secondary N) is 1. The summed E-state index contributed by atoms with van der Waals surface area (Å²) in [7, 11) is 0. The topological polar surface area (TPSA) is 63.9 Å². The summed E-state index contributed by atoms with van der Waals surface area (Å²) < 4.78 is 6.45. The smallest absolute Gasteiger partial charge is 0.112 e. The van der Waals surface area contributed by atoms with E-state index in [2.05, 4.69) is 32.8 Å². The second-order valence-electron chi connectivity index (χ2n) is 4.96. The molecule has 0 spiro atoms. The van der Waals surface area contributed by atoms with Gasteiger partial charge in [0.15, 0.2) is 0 Å². The third-order valence-electron chi connectivity index (χ3n) is 3.59. The van der Waals surface area contributed by atoms with Gasteiger partial charge in [-0.15, -0.1) is 0 Å². The lowest BCUT2D eigenvalue weighted by Crippen LogP contribution is -2.24. The molecule has 0 radical (unpaired) electrons. The first-order valence-electron chi connectivity index (χ1n) is 6.17. The van der Waals surface area contributed by atoms with Gasteiger partial charge in [-0.3, -0.25) is 0 Å². The van der Waals surface area contributed by atoms with E-state index in [1.165, 1.54) is 0 Å². The Morgan fingerprint density at radius 1 is 1.50 bits per heavy atom. The van der Waals surface area contributed by atoms with E-state index in [0.29, 0.717) is 17.5 Å². The van der Waals surface area contributed by atoms with Crippen molar-refractivity contribution in [3.63, 3.8) is 0 Å². The van der Waals surface area contributed by atoms with Crippen molar-refractivity contribution >= 4 is 32.7 Å². The molecule has 1 aliphatic heterocycles. The Morgan fingerprint density at radius 3 is 3.11 bits per heavy atom. The molecule has 1 fully saturated rings. The fourth-order valence-electron chi connectivity index (χ4n) is 2.59. The fraction of sp³-hybridized carbons (Fsp3) is 0.462. The molecule has 0 saturated carbocycles. The van der Waals surface area contributed by atoms with Gasteiger partial charge in [-0.2, -0.15) is 0 Å². The summed E-state index contributed by atoms with van der Waals surface area (Å²) in [4.78, 5) is 8.07. The van der Waals surface area contributed by atoms with Gasteiger partial charge in [-0.05, 0) is 24.5 Å². The van der Waals surface area contributed by atoms with Gasteiger partial charge in [0, 0.05) is 23.6 Å². The molecule has 96 valence electrons. The molecule has 3 N–H and O–H groups in total. The molecule has 0 amide bonds. The number of aromatic nitrogens is 2. The summed E-state index contributed by atoms with van der Waals surface area (Å²) in [5.41, 5.74) is 8.57. The Kier molecular flexibility index (Phi) is 3.03. The zero-order valence-corrected chi connectivity index (χ0v) is 11.8. The molecule has 1 aromatic carbocycles. The maximum absolute atomic E-state index is 6.00. The van der Waals surface area contributed by atoms with Gasteiger partial charge in [0.2, 0.25) is 0 Å². The van der Waals surface area contributed by atoms with Gasteiger partial charge in [0.1, 0.15) is 11.3 Å². The van der Waals surface area contributed by atoms with Crippen molar-refractivity contribution in [1.29, 1.82) is 0 Å². The SMILES string of the molecule is CC1COCCC1c1nc2c(N)cc(Br)cc2[nH]1. The summed E-state index contributed by atoms with van der Waals surface area (Å²) in [6, 6.07) is 3.91. The van der Waals surface area contributed by atoms with E-state index in [1.54, 1.807) is 0 Å². The Labute approximate surface area is 114 Å². The molecule has 3 rings (SSSR count). The number of fused-ring (bicyclic) bond motifs is 1. The number of nitrogens with zero attached hydrogens (tertiary/aromatic N) is 1. The van der Waals surface area contributed by atoms with Crippen LogP contribution in [-0.2, 0) is 4.74 Å². The van der Waals surface area contributed by atoms with Crippen LogP contribution in [0.2, 0.25) is 0 Å². The number of H-pyrrole nitrogens is 1. The van der Waals surface area contributed by atoms with Gasteiger partial charge in [0.05, 0.1) is 11.2 Å². The van der Waals surface area contributed by atoms with Crippen molar-refractivity contribution in [1.82, 2.24) is 9.97 Å². The number of hydrogen-bond donors (Lipinski definition) is 2. The first-order chi connectivity index (χ1) is 8.65. The van der Waals surface area contributed by atoms with Crippen LogP contribution < -0.4 is 5.73 Å². The minimum Gasteiger partial charge on any atom is -0.397 e. The second kappa shape index (κ2) is 4.55. The quantitative estimate of drug-likeness (QED) is 0.796. The molecular formula is C13H16BrN3O. The third-order valence-corrected chi connectivity index (χ3v) is 4.05. The molecule has 1 aliphatic rings. The van der Waals surface area contributed by atoms with Gasteiger partial charge < -0.3 is 15.5 Å². The minimum atomic E-state index is 0.435. The number of aromatic amines is 1. The van der Waals surface area contributed by atoms with Crippen molar-refractivity contribution in [2.45, 2.75) is 19.3 Å². The first kappa shape index (κ1) is 12.0. The number of hydrogen-bond acceptors (Lipinski definition) is 3. The van der Waals surface area contributed by atoms with Crippen molar-refractivity contribution in [2.24, 2.45) is 5.92 Å². The largest absolute Gasteiger partial charge is 0.397 e. The van der Waals surface area contributed by atoms with Crippen LogP contribution in [0.1, 0.15) is 25.1 Å². The highest BCUT2D eigenvalue weighted by atomic mass is 79.9. The van der Waals surface area contributed by atoms with Crippen molar-refractivity contribution < 1.29 is 4.74 Å². The Balaban J connectivity index is 2.05. The maximum atomic E-state index is 6.00. The van der Waals surface area contributed by atoms with Crippen LogP contribution in [0.25, 0.3) is 11.0 Å². The first-order valence-corrected chi connectivity index (χ1v) is 6.97. The molecule has 0 bridgehead atoms. The van der Waals surface area contributed by atoms with Crippen molar-refractivity contribution in [2.75, 3.05) is 18.9 Å². The summed E-state index contributed by atoms with van der Waals surface area (Å²) in [5, 5.41) is 0. The number of benzene rings is 1. The normalized spacial score (nSPS) is 24.6. The Bertz CT molecular complexity index is 581. The number of nitrogen functional groups attached to an aromatic ring is 1. The predicted molar refractivity (Wildman–Crippen MR) is 75.5 cm³/mol. The lowest BCUT2D eigenvalue weighted by atomic mass is 9.89. The molecule has 4 nitrogen and oxygen atoms in total. The Morgan fingerprint density at radius 2 is 2.33 bits per heavy atom. The summed E-state index contributed by atoms with van der Waals surface area (Å²) in [5.74, 6) is 1.96. The van der Waals surface area contributed by atoms with Crippen LogP contribution in [0.5, 0.6) is 0 Å². The van der Waals surface area contributed by atoms with E-state index in [4.69, 9.17) is 10.5 Å². The zero-order valence-electron chi connectivity index (χ0n) is 10.2. The van der Waals surface area contributed by atoms with Gasteiger partial charge in [-0.1, -0.05) is 22.9 Å². The third kappa shape index (κ3) is 2.01. The van der Waals surface area contributed by atoms with E-state index in [1.807, 2.05) is 12.1 Å². The maximum Gasteiger partial charge on any atom is 0.112 e. The standard InChI is InChI=1S/C13H16BrN3O/c1-7-6-18-3-2-9(7)13-16-11-5-8(14)4-10(15)12(11)17-13/h4-5,7,9H,2-3,6,15H2,1H3,(H,16,17). The van der Waals surface area contributed by atoms with E-state index < -0.39 is 0 Å². The number of nitrogens with two attached hydrogens (primary N) is 1. The number of imidazole rings is 1. The van der Waals surface area contributed by atoms with E-state index in [-0.39, 0.29) is 0 Å². The zero-order chi connectivity index (χ0) is 12.7. The monoisotopic (exact) mass is 309 g/mol. The van der Waals surface area contributed by atoms with E-state index in [0.717, 1.165) is 41.0 Å². The highest BCUT2D eigenvalue weighted by Gasteiger charge is 2.26. The Hall–Kier alpha value is -1.07.